The minimum absolute atomic E-state index is 0.0363. The molecule has 0 aliphatic rings. The predicted molar refractivity (Wildman–Crippen MR) is 107 cm³/mol. The van der Waals surface area contributed by atoms with Gasteiger partial charge in [-0.25, -0.2) is 4.98 Å². The average molecular weight is 369 g/mol. The molecule has 0 aliphatic carbocycles. The summed E-state index contributed by atoms with van der Waals surface area (Å²) in [6.07, 6.45) is 1.47. The van der Waals surface area contributed by atoms with Crippen LogP contribution in [-0.2, 0) is 17.8 Å². The van der Waals surface area contributed by atoms with Crippen molar-refractivity contribution in [1.29, 1.82) is 0 Å². The second-order valence-electron chi connectivity index (χ2n) is 6.54. The van der Waals surface area contributed by atoms with E-state index in [1.807, 2.05) is 12.3 Å². The van der Waals surface area contributed by atoms with Gasteiger partial charge in [-0.3, -0.25) is 14.2 Å². The summed E-state index contributed by atoms with van der Waals surface area (Å²) < 4.78 is 1.70. The van der Waals surface area contributed by atoms with Gasteiger partial charge in [0.05, 0.1) is 5.39 Å². The molecule has 0 fully saturated rings. The lowest BCUT2D eigenvalue weighted by atomic mass is 10.0. The molecule has 2 aromatic heterocycles. The summed E-state index contributed by atoms with van der Waals surface area (Å²) >= 11 is 1.50. The Hall–Kier alpha value is -2.47. The Labute approximate surface area is 156 Å². The van der Waals surface area contributed by atoms with E-state index in [2.05, 4.69) is 32.0 Å². The number of carbonyl (C=O) groups is 1. The Bertz CT molecular complexity index is 1030. The highest BCUT2D eigenvalue weighted by Gasteiger charge is 2.16. The van der Waals surface area contributed by atoms with Crippen molar-refractivity contribution < 1.29 is 4.79 Å². The summed E-state index contributed by atoms with van der Waals surface area (Å²) in [7, 11) is 0. The van der Waals surface area contributed by atoms with Gasteiger partial charge in [-0.15, -0.1) is 11.3 Å². The van der Waals surface area contributed by atoms with Crippen LogP contribution in [0, 0.1) is 13.8 Å². The fraction of sp³-hybridized carbons (Fsp3) is 0.350. The minimum atomic E-state index is -0.350. The van der Waals surface area contributed by atoms with E-state index in [0.717, 1.165) is 21.8 Å². The number of fused-ring (bicyclic) bond motifs is 1. The number of nitrogens with zero attached hydrogens (tertiary/aromatic N) is 2. The first kappa shape index (κ1) is 18.3. The molecular formula is C20H23N3O2S. The van der Waals surface area contributed by atoms with Gasteiger partial charge in [-0.1, -0.05) is 25.1 Å². The quantitative estimate of drug-likeness (QED) is 0.721. The van der Waals surface area contributed by atoms with Gasteiger partial charge in [-0.05, 0) is 37.0 Å². The third-order valence-electron chi connectivity index (χ3n) is 4.71. The molecule has 0 radical (unpaired) electrons. The van der Waals surface area contributed by atoms with Gasteiger partial charge >= 0.3 is 0 Å². The zero-order valence-corrected chi connectivity index (χ0v) is 16.2. The number of benzene rings is 1. The Morgan fingerprint density at radius 2 is 2.04 bits per heavy atom. The van der Waals surface area contributed by atoms with Crippen LogP contribution in [0.5, 0.6) is 0 Å². The molecule has 0 saturated heterocycles. The lowest BCUT2D eigenvalue weighted by molar-refractivity contribution is -0.118. The Balaban J connectivity index is 2.14. The number of amides is 1. The van der Waals surface area contributed by atoms with Crippen molar-refractivity contribution in [3.8, 4) is 11.1 Å². The van der Waals surface area contributed by atoms with Crippen molar-refractivity contribution >= 4 is 27.5 Å². The molecule has 6 heteroatoms. The predicted octanol–water partition coefficient (Wildman–Crippen LogP) is 3.57. The second kappa shape index (κ2) is 7.41. The molecule has 136 valence electrons. The first-order valence-corrected chi connectivity index (χ1v) is 9.67. The van der Waals surface area contributed by atoms with Crippen molar-refractivity contribution in [1.82, 2.24) is 9.55 Å². The van der Waals surface area contributed by atoms with Crippen LogP contribution in [-0.4, -0.2) is 15.5 Å². The van der Waals surface area contributed by atoms with E-state index in [1.54, 1.807) is 4.57 Å². The first-order chi connectivity index (χ1) is 12.4. The lowest BCUT2D eigenvalue weighted by Crippen LogP contribution is -2.25. The fourth-order valence-corrected chi connectivity index (χ4v) is 4.06. The van der Waals surface area contributed by atoms with Crippen molar-refractivity contribution in [3.63, 3.8) is 0 Å². The molecule has 3 aromatic rings. The number of thiophene rings is 1. The van der Waals surface area contributed by atoms with E-state index < -0.39 is 0 Å². The maximum absolute atomic E-state index is 13.2. The molecule has 2 heterocycles. The summed E-state index contributed by atoms with van der Waals surface area (Å²) in [5.74, 6) is 0.400. The van der Waals surface area contributed by atoms with Crippen LogP contribution >= 0.6 is 11.3 Å². The van der Waals surface area contributed by atoms with Crippen LogP contribution in [0.2, 0.25) is 0 Å². The highest BCUT2D eigenvalue weighted by molar-refractivity contribution is 7.17. The zero-order valence-electron chi connectivity index (χ0n) is 15.3. The summed E-state index contributed by atoms with van der Waals surface area (Å²) in [4.78, 5) is 29.7. The van der Waals surface area contributed by atoms with E-state index in [1.165, 1.54) is 22.5 Å². The number of hydrogen-bond acceptors (Lipinski definition) is 4. The summed E-state index contributed by atoms with van der Waals surface area (Å²) in [6.45, 7) is 6.58. The molecule has 26 heavy (non-hydrogen) atoms. The third-order valence-corrected chi connectivity index (χ3v) is 5.58. The molecule has 5 nitrogen and oxygen atoms in total. The molecule has 0 saturated carbocycles. The van der Waals surface area contributed by atoms with E-state index in [9.17, 15) is 9.59 Å². The van der Waals surface area contributed by atoms with E-state index in [-0.39, 0.29) is 17.9 Å². The van der Waals surface area contributed by atoms with Gasteiger partial charge in [0.15, 0.2) is 0 Å². The van der Waals surface area contributed by atoms with Gasteiger partial charge in [-0.2, -0.15) is 0 Å². The largest absolute Gasteiger partial charge is 0.370 e. The zero-order chi connectivity index (χ0) is 18.8. The lowest BCUT2D eigenvalue weighted by Gasteiger charge is -2.11. The van der Waals surface area contributed by atoms with Gasteiger partial charge < -0.3 is 5.73 Å². The topological polar surface area (TPSA) is 78.0 Å². The van der Waals surface area contributed by atoms with Crippen LogP contribution in [0.25, 0.3) is 21.3 Å². The van der Waals surface area contributed by atoms with Gasteiger partial charge in [0.25, 0.3) is 5.56 Å². The minimum Gasteiger partial charge on any atom is -0.370 e. The van der Waals surface area contributed by atoms with Crippen LogP contribution in [0.4, 0.5) is 0 Å². The Morgan fingerprint density at radius 1 is 1.27 bits per heavy atom. The van der Waals surface area contributed by atoms with Crippen molar-refractivity contribution in [2.24, 2.45) is 5.73 Å². The number of aromatic nitrogens is 2. The standard InChI is InChI=1S/C20H23N3O2S/c1-4-17-22-19-18(20(25)23(17)9-5-6-16(21)24)15(11-26-19)14-8-7-12(2)13(3)10-14/h7-8,10-11H,4-6,9H2,1-3H3,(H2,21,24). The molecule has 0 bridgehead atoms. The molecule has 1 aromatic carbocycles. The van der Waals surface area contributed by atoms with Crippen LogP contribution < -0.4 is 11.3 Å². The second-order valence-corrected chi connectivity index (χ2v) is 7.39. The SMILES string of the molecule is CCc1nc2scc(-c3ccc(C)c(C)c3)c2c(=O)n1CCCC(N)=O. The van der Waals surface area contributed by atoms with Gasteiger partial charge in [0.1, 0.15) is 10.7 Å². The van der Waals surface area contributed by atoms with E-state index >= 15 is 0 Å². The summed E-state index contributed by atoms with van der Waals surface area (Å²) in [6, 6.07) is 6.24. The summed E-state index contributed by atoms with van der Waals surface area (Å²) in [5.41, 5.74) is 9.57. The molecule has 0 unspecified atom stereocenters. The molecule has 0 aliphatic heterocycles. The maximum atomic E-state index is 13.2. The molecule has 0 atom stereocenters. The average Bonchev–Trinajstić information content (AvgIpc) is 3.03. The number of nitrogens with two attached hydrogens (primary N) is 1. The fourth-order valence-electron chi connectivity index (χ4n) is 3.10. The number of primary amides is 1. The summed E-state index contributed by atoms with van der Waals surface area (Å²) in [5, 5.41) is 2.67. The highest BCUT2D eigenvalue weighted by atomic mass is 32.1. The molecule has 0 spiro atoms. The van der Waals surface area contributed by atoms with Crippen LogP contribution in [0.1, 0.15) is 36.7 Å². The third kappa shape index (κ3) is 3.42. The first-order valence-electron chi connectivity index (χ1n) is 8.79. The maximum Gasteiger partial charge on any atom is 0.262 e. The van der Waals surface area contributed by atoms with Crippen LogP contribution in [0.15, 0.2) is 28.4 Å². The van der Waals surface area contributed by atoms with Crippen molar-refractivity contribution in [2.45, 2.75) is 46.6 Å². The number of hydrogen-bond donors (Lipinski definition) is 1. The van der Waals surface area contributed by atoms with Gasteiger partial charge in [0.2, 0.25) is 5.91 Å². The normalized spacial score (nSPS) is 11.2. The van der Waals surface area contributed by atoms with Crippen molar-refractivity contribution in [2.75, 3.05) is 0 Å². The van der Waals surface area contributed by atoms with Crippen LogP contribution in [0.3, 0.4) is 0 Å². The highest BCUT2D eigenvalue weighted by Crippen LogP contribution is 2.32. The molecular weight excluding hydrogens is 346 g/mol. The van der Waals surface area contributed by atoms with Gasteiger partial charge in [0, 0.05) is 30.3 Å². The smallest absolute Gasteiger partial charge is 0.262 e. The Morgan fingerprint density at radius 3 is 2.69 bits per heavy atom. The molecule has 1 amide bonds. The molecule has 2 N–H and O–H groups in total. The van der Waals surface area contributed by atoms with Crippen molar-refractivity contribution in [3.05, 3.63) is 50.9 Å². The number of rotatable bonds is 6. The monoisotopic (exact) mass is 369 g/mol. The van der Waals surface area contributed by atoms with E-state index in [4.69, 9.17) is 10.7 Å². The Kier molecular flexibility index (Phi) is 5.23. The number of carbonyl (C=O) groups excluding carboxylic acids is 1. The van der Waals surface area contributed by atoms with E-state index in [0.29, 0.717) is 24.8 Å². The molecule has 3 rings (SSSR count). The number of aryl methyl sites for hydroxylation is 3.